The molecule has 1 aromatic rings. The molecule has 0 heterocycles. The average molecular weight is 229 g/mol. The quantitative estimate of drug-likeness (QED) is 0.603. The molecule has 1 nitrogen and oxygen atoms in total. The second-order valence-electron chi connectivity index (χ2n) is 3.51. The summed E-state index contributed by atoms with van der Waals surface area (Å²) in [5.74, 6) is -3.75. The fourth-order valence-corrected chi connectivity index (χ4v) is 1.54. The lowest BCUT2D eigenvalue weighted by atomic mass is 10.0. The van der Waals surface area contributed by atoms with Crippen LogP contribution in [0.25, 0.3) is 0 Å². The van der Waals surface area contributed by atoms with E-state index in [0.29, 0.717) is 18.4 Å². The summed E-state index contributed by atoms with van der Waals surface area (Å²) in [5.41, 5.74) is 0.403. The Morgan fingerprint density at radius 1 is 1.31 bits per heavy atom. The van der Waals surface area contributed by atoms with Crippen LogP contribution in [0.1, 0.15) is 24.4 Å². The number of rotatable bonds is 5. The Labute approximate surface area is 93.0 Å². The third-order valence-electron chi connectivity index (χ3n) is 2.42. The topological polar surface area (TPSA) is 12.0 Å². The molecule has 0 fully saturated rings. The van der Waals surface area contributed by atoms with E-state index in [-0.39, 0.29) is 6.04 Å². The number of hydrogen-bond donors (Lipinski definition) is 1. The number of halogens is 3. The summed E-state index contributed by atoms with van der Waals surface area (Å²) in [4.78, 5) is 0. The molecule has 0 saturated heterocycles. The van der Waals surface area contributed by atoms with Gasteiger partial charge in [0.05, 0.1) is 0 Å². The summed E-state index contributed by atoms with van der Waals surface area (Å²) in [5, 5.41) is 2.92. The van der Waals surface area contributed by atoms with Crippen molar-refractivity contribution < 1.29 is 13.2 Å². The van der Waals surface area contributed by atoms with Crippen LogP contribution in [-0.2, 0) is 0 Å². The molecule has 1 N–H and O–H groups in total. The summed E-state index contributed by atoms with van der Waals surface area (Å²) in [6, 6.07) is 1.83. The van der Waals surface area contributed by atoms with Gasteiger partial charge in [-0.3, -0.25) is 0 Å². The van der Waals surface area contributed by atoms with Crippen LogP contribution in [0.15, 0.2) is 24.8 Å². The van der Waals surface area contributed by atoms with Gasteiger partial charge in [-0.2, -0.15) is 0 Å². The van der Waals surface area contributed by atoms with Crippen molar-refractivity contribution in [3.8, 4) is 0 Å². The Balaban J connectivity index is 2.96. The molecule has 4 heteroatoms. The van der Waals surface area contributed by atoms with Crippen LogP contribution in [0.4, 0.5) is 13.2 Å². The smallest absolute Gasteiger partial charge is 0.194 e. The van der Waals surface area contributed by atoms with E-state index in [4.69, 9.17) is 0 Å². The zero-order chi connectivity index (χ0) is 12.1. The molecule has 0 aromatic heterocycles. The van der Waals surface area contributed by atoms with E-state index in [9.17, 15) is 13.2 Å². The van der Waals surface area contributed by atoms with Crippen molar-refractivity contribution in [1.82, 2.24) is 5.32 Å². The van der Waals surface area contributed by atoms with E-state index in [1.54, 1.807) is 13.1 Å². The van der Waals surface area contributed by atoms with Crippen molar-refractivity contribution in [3.63, 3.8) is 0 Å². The van der Waals surface area contributed by atoms with E-state index < -0.39 is 17.5 Å². The van der Waals surface area contributed by atoms with Gasteiger partial charge >= 0.3 is 0 Å². The average Bonchev–Trinajstić information content (AvgIpc) is 2.26. The van der Waals surface area contributed by atoms with Gasteiger partial charge in [0, 0.05) is 6.04 Å². The lowest BCUT2D eigenvalue weighted by Gasteiger charge is -2.16. The lowest BCUT2D eigenvalue weighted by Crippen LogP contribution is -2.17. The van der Waals surface area contributed by atoms with Gasteiger partial charge < -0.3 is 5.32 Å². The van der Waals surface area contributed by atoms with Crippen molar-refractivity contribution in [1.29, 1.82) is 0 Å². The molecule has 1 atom stereocenters. The van der Waals surface area contributed by atoms with Gasteiger partial charge in [0.25, 0.3) is 0 Å². The van der Waals surface area contributed by atoms with Crippen molar-refractivity contribution >= 4 is 0 Å². The first-order chi connectivity index (χ1) is 7.60. The molecule has 0 amide bonds. The van der Waals surface area contributed by atoms with E-state index >= 15 is 0 Å². The Morgan fingerprint density at radius 2 is 1.88 bits per heavy atom. The predicted octanol–water partition coefficient (Wildman–Crippen LogP) is 3.33. The van der Waals surface area contributed by atoms with Crippen LogP contribution in [0.3, 0.4) is 0 Å². The van der Waals surface area contributed by atoms with Gasteiger partial charge in [-0.05, 0) is 37.6 Å². The molecule has 0 aliphatic carbocycles. The summed E-state index contributed by atoms with van der Waals surface area (Å²) in [6.45, 7) is 3.57. The molecule has 0 aliphatic rings. The van der Waals surface area contributed by atoms with Gasteiger partial charge in [0.1, 0.15) is 0 Å². The van der Waals surface area contributed by atoms with Crippen molar-refractivity contribution in [2.45, 2.75) is 18.9 Å². The Hall–Kier alpha value is -1.29. The second kappa shape index (κ2) is 5.70. The van der Waals surface area contributed by atoms with E-state index in [1.165, 1.54) is 0 Å². The Kier molecular flexibility index (Phi) is 4.55. The molecule has 0 saturated carbocycles. The minimum absolute atomic E-state index is 0.206. The van der Waals surface area contributed by atoms with Gasteiger partial charge in [-0.25, -0.2) is 13.2 Å². The minimum Gasteiger partial charge on any atom is -0.313 e. The molecule has 0 radical (unpaired) electrons. The predicted molar refractivity (Wildman–Crippen MR) is 57.5 cm³/mol. The zero-order valence-corrected chi connectivity index (χ0v) is 9.06. The van der Waals surface area contributed by atoms with E-state index in [0.717, 1.165) is 12.1 Å². The highest BCUT2D eigenvalue weighted by molar-refractivity contribution is 5.22. The van der Waals surface area contributed by atoms with Gasteiger partial charge in [0.15, 0.2) is 17.5 Å². The van der Waals surface area contributed by atoms with Crippen molar-refractivity contribution in [3.05, 3.63) is 47.8 Å². The first-order valence-electron chi connectivity index (χ1n) is 5.02. The summed E-state index contributed by atoms with van der Waals surface area (Å²) >= 11 is 0. The van der Waals surface area contributed by atoms with Crippen LogP contribution in [0.5, 0.6) is 0 Å². The normalized spacial score (nSPS) is 12.5. The third-order valence-corrected chi connectivity index (χ3v) is 2.42. The molecule has 1 unspecified atom stereocenters. The molecule has 0 spiro atoms. The van der Waals surface area contributed by atoms with Crippen LogP contribution >= 0.6 is 0 Å². The number of benzene rings is 1. The van der Waals surface area contributed by atoms with Crippen LogP contribution in [0.2, 0.25) is 0 Å². The van der Waals surface area contributed by atoms with Gasteiger partial charge in [-0.15, -0.1) is 6.58 Å². The molecular formula is C12H14F3N. The van der Waals surface area contributed by atoms with Gasteiger partial charge in [0.2, 0.25) is 0 Å². The van der Waals surface area contributed by atoms with Crippen molar-refractivity contribution in [2.24, 2.45) is 0 Å². The number of allylic oxidation sites excluding steroid dienone is 1. The van der Waals surface area contributed by atoms with Crippen LogP contribution in [0, 0.1) is 17.5 Å². The van der Waals surface area contributed by atoms with Crippen LogP contribution < -0.4 is 5.32 Å². The monoisotopic (exact) mass is 229 g/mol. The molecule has 0 bridgehead atoms. The highest BCUT2D eigenvalue weighted by atomic mass is 19.2. The standard InChI is InChI=1S/C12H14F3N/c1-3-4-5-11(16-2)8-6-9(13)12(15)10(14)7-8/h3,6-7,11,16H,1,4-5H2,2H3. The highest BCUT2D eigenvalue weighted by Crippen LogP contribution is 2.22. The van der Waals surface area contributed by atoms with Gasteiger partial charge in [-0.1, -0.05) is 6.08 Å². The minimum atomic E-state index is -1.43. The summed E-state index contributed by atoms with van der Waals surface area (Å²) < 4.78 is 38.7. The first kappa shape index (κ1) is 12.8. The SMILES string of the molecule is C=CCCC(NC)c1cc(F)c(F)c(F)c1. The Morgan fingerprint density at radius 3 is 2.31 bits per heavy atom. The summed E-state index contributed by atoms with van der Waals surface area (Å²) in [6.07, 6.45) is 3.09. The molecule has 0 aliphatic heterocycles. The third kappa shape index (κ3) is 2.85. The van der Waals surface area contributed by atoms with Crippen LogP contribution in [-0.4, -0.2) is 7.05 Å². The van der Waals surface area contributed by atoms with Crippen molar-refractivity contribution in [2.75, 3.05) is 7.05 Å². The maximum absolute atomic E-state index is 13.0. The second-order valence-corrected chi connectivity index (χ2v) is 3.51. The fourth-order valence-electron chi connectivity index (χ4n) is 1.54. The summed E-state index contributed by atoms with van der Waals surface area (Å²) in [7, 11) is 1.69. The fraction of sp³-hybridized carbons (Fsp3) is 0.333. The number of nitrogens with one attached hydrogen (secondary N) is 1. The Bertz CT molecular complexity index is 354. The molecule has 16 heavy (non-hydrogen) atoms. The molecular weight excluding hydrogens is 215 g/mol. The molecule has 1 aromatic carbocycles. The van der Waals surface area contributed by atoms with E-state index in [1.807, 2.05) is 0 Å². The largest absolute Gasteiger partial charge is 0.313 e. The molecule has 1 rings (SSSR count). The first-order valence-corrected chi connectivity index (χ1v) is 5.02. The number of hydrogen-bond acceptors (Lipinski definition) is 1. The maximum atomic E-state index is 13.0. The lowest BCUT2D eigenvalue weighted by molar-refractivity contribution is 0.439. The highest BCUT2D eigenvalue weighted by Gasteiger charge is 2.15. The van der Waals surface area contributed by atoms with E-state index in [2.05, 4.69) is 11.9 Å². The zero-order valence-electron chi connectivity index (χ0n) is 9.06. The maximum Gasteiger partial charge on any atom is 0.194 e. The molecule has 88 valence electrons.